The Kier molecular flexibility index (Phi) is 29.7. The fraction of sp³-hybridized carbons (Fsp3) is 0.810. The van der Waals surface area contributed by atoms with Gasteiger partial charge in [0.1, 0.15) is 0 Å². The molecule has 0 amide bonds. The van der Waals surface area contributed by atoms with Crippen molar-refractivity contribution in [2.75, 3.05) is 52.5 Å². The van der Waals surface area contributed by atoms with Crippen molar-refractivity contribution < 1.29 is 19.1 Å². The largest absolute Gasteiger partial charge is 0.462 e. The van der Waals surface area contributed by atoms with Crippen molar-refractivity contribution in [2.24, 2.45) is 0 Å². The predicted molar refractivity (Wildman–Crippen MR) is 204 cm³/mol. The molecule has 0 spiro atoms. The van der Waals surface area contributed by atoms with E-state index < -0.39 is 0 Å². The molecule has 0 bridgehead atoms. The van der Waals surface area contributed by atoms with Crippen molar-refractivity contribution in [3.05, 3.63) is 35.4 Å². The minimum absolute atomic E-state index is 0.329. The molecule has 0 N–H and O–H groups in total. The van der Waals surface area contributed by atoms with E-state index in [0.717, 1.165) is 52.1 Å². The Morgan fingerprint density at radius 3 is 0.917 bits per heavy atom. The maximum absolute atomic E-state index is 12.7. The summed E-state index contributed by atoms with van der Waals surface area (Å²) < 4.78 is 11.2. The predicted octanol–water partition coefficient (Wildman–Crippen LogP) is 11.3. The van der Waals surface area contributed by atoms with Crippen LogP contribution in [0, 0.1) is 0 Å². The summed E-state index contributed by atoms with van der Waals surface area (Å²) in [5, 5.41) is 0. The highest BCUT2D eigenvalue weighted by Gasteiger charge is 2.13. The van der Waals surface area contributed by atoms with E-state index in [1.54, 1.807) is 24.3 Å². The van der Waals surface area contributed by atoms with E-state index in [2.05, 4.69) is 37.5 Å². The number of hydrogen-bond acceptors (Lipinski definition) is 6. The highest BCUT2D eigenvalue weighted by Crippen LogP contribution is 2.12. The van der Waals surface area contributed by atoms with E-state index in [1.807, 2.05) is 0 Å². The molecule has 1 rings (SSSR count). The first-order chi connectivity index (χ1) is 23.5. The molecule has 0 aliphatic carbocycles. The Morgan fingerprint density at radius 1 is 0.396 bits per heavy atom. The topological polar surface area (TPSA) is 59.1 Å². The molecule has 0 radical (unpaired) electrons. The highest BCUT2D eigenvalue weighted by molar-refractivity contribution is 5.93. The van der Waals surface area contributed by atoms with Crippen LogP contribution in [0.15, 0.2) is 24.3 Å². The van der Waals surface area contributed by atoms with Gasteiger partial charge in [-0.05, 0) is 89.0 Å². The number of benzene rings is 1. The second-order valence-corrected chi connectivity index (χ2v) is 13.9. The number of ether oxygens (including phenoxy) is 2. The third-order valence-electron chi connectivity index (χ3n) is 9.37. The summed E-state index contributed by atoms with van der Waals surface area (Å²) in [6.45, 7) is 16.4. The van der Waals surface area contributed by atoms with Crippen LogP contribution in [-0.4, -0.2) is 74.2 Å². The Balaban J connectivity index is 2.40. The lowest BCUT2D eigenvalue weighted by atomic mass is 10.1. The van der Waals surface area contributed by atoms with Gasteiger partial charge in [-0.15, -0.1) is 0 Å². The van der Waals surface area contributed by atoms with E-state index in [4.69, 9.17) is 9.47 Å². The summed E-state index contributed by atoms with van der Waals surface area (Å²) >= 11 is 0. The van der Waals surface area contributed by atoms with E-state index in [9.17, 15) is 9.59 Å². The van der Waals surface area contributed by atoms with Gasteiger partial charge in [0.2, 0.25) is 0 Å². The van der Waals surface area contributed by atoms with Crippen LogP contribution < -0.4 is 0 Å². The molecule has 6 nitrogen and oxygen atoms in total. The molecule has 0 unspecified atom stereocenters. The molecule has 0 heterocycles. The first-order valence-corrected chi connectivity index (χ1v) is 20.4. The van der Waals surface area contributed by atoms with E-state index >= 15 is 0 Å². The molecular formula is C42H76N2O4. The third kappa shape index (κ3) is 24.3. The zero-order chi connectivity index (χ0) is 34.9. The Bertz CT molecular complexity index is 776. The van der Waals surface area contributed by atoms with E-state index in [-0.39, 0.29) is 11.9 Å². The van der Waals surface area contributed by atoms with Crippen LogP contribution in [0.25, 0.3) is 0 Å². The first-order valence-electron chi connectivity index (χ1n) is 20.4. The molecule has 48 heavy (non-hydrogen) atoms. The van der Waals surface area contributed by atoms with Gasteiger partial charge in [0, 0.05) is 13.1 Å². The van der Waals surface area contributed by atoms with Gasteiger partial charge >= 0.3 is 11.9 Å². The van der Waals surface area contributed by atoms with Gasteiger partial charge in [0.05, 0.1) is 24.3 Å². The maximum Gasteiger partial charge on any atom is 0.338 e. The van der Waals surface area contributed by atoms with Gasteiger partial charge in [-0.2, -0.15) is 0 Å². The van der Waals surface area contributed by atoms with Crippen LogP contribution >= 0.6 is 0 Å². The molecule has 0 saturated carbocycles. The fourth-order valence-electron chi connectivity index (χ4n) is 6.24. The van der Waals surface area contributed by atoms with Crippen LogP contribution in [0.5, 0.6) is 0 Å². The number of nitrogens with zero attached hydrogens (tertiary/aromatic N) is 2. The van der Waals surface area contributed by atoms with Crippen LogP contribution in [0.2, 0.25) is 0 Å². The van der Waals surface area contributed by atoms with Crippen LogP contribution in [-0.2, 0) is 9.47 Å². The van der Waals surface area contributed by atoms with Crippen molar-refractivity contribution >= 4 is 11.9 Å². The normalized spacial score (nSPS) is 11.5. The summed E-state index contributed by atoms with van der Waals surface area (Å²) in [5.74, 6) is -0.657. The van der Waals surface area contributed by atoms with Crippen molar-refractivity contribution in [1.29, 1.82) is 0 Å². The van der Waals surface area contributed by atoms with Gasteiger partial charge in [0.15, 0.2) is 0 Å². The molecule has 1 aromatic rings. The second-order valence-electron chi connectivity index (χ2n) is 13.9. The number of carbonyl (C=O) groups is 2. The maximum atomic E-state index is 12.7. The summed E-state index contributed by atoms with van der Waals surface area (Å²) in [7, 11) is 0. The minimum atomic E-state index is -0.329. The van der Waals surface area contributed by atoms with Gasteiger partial charge in [-0.1, -0.05) is 130 Å². The molecule has 0 saturated heterocycles. The van der Waals surface area contributed by atoms with Gasteiger partial charge in [-0.3, -0.25) is 0 Å². The monoisotopic (exact) mass is 673 g/mol. The lowest BCUT2D eigenvalue weighted by Gasteiger charge is -2.22. The van der Waals surface area contributed by atoms with Crippen LogP contribution in [0.1, 0.15) is 190 Å². The van der Waals surface area contributed by atoms with Gasteiger partial charge in [-0.25, -0.2) is 9.59 Å². The molecular weight excluding hydrogens is 596 g/mol. The number of rotatable bonds is 34. The highest BCUT2D eigenvalue weighted by atomic mass is 16.5. The summed E-state index contributed by atoms with van der Waals surface area (Å²) in [6.07, 6.45) is 27.6. The first kappa shape index (κ1) is 44.1. The molecule has 0 aliphatic heterocycles. The van der Waals surface area contributed by atoms with Crippen molar-refractivity contribution in [1.82, 2.24) is 9.80 Å². The molecule has 1 aromatic carbocycles. The van der Waals surface area contributed by atoms with E-state index in [1.165, 1.54) is 128 Å². The lowest BCUT2D eigenvalue weighted by Crippen LogP contribution is -2.28. The third-order valence-corrected chi connectivity index (χ3v) is 9.37. The quantitative estimate of drug-likeness (QED) is 0.0536. The average Bonchev–Trinajstić information content (AvgIpc) is 3.10. The molecule has 0 aliphatic rings. The zero-order valence-electron chi connectivity index (χ0n) is 32.1. The molecule has 0 atom stereocenters. The van der Waals surface area contributed by atoms with Crippen LogP contribution in [0.3, 0.4) is 0 Å². The zero-order valence-corrected chi connectivity index (χ0v) is 32.1. The van der Waals surface area contributed by atoms with E-state index in [0.29, 0.717) is 24.3 Å². The summed E-state index contributed by atoms with van der Waals surface area (Å²) in [4.78, 5) is 30.5. The number of esters is 2. The Hall–Kier alpha value is -1.92. The van der Waals surface area contributed by atoms with Crippen molar-refractivity contribution in [3.63, 3.8) is 0 Å². The summed E-state index contributed by atoms with van der Waals surface area (Å²) in [5.41, 5.74) is 0.951. The van der Waals surface area contributed by atoms with Gasteiger partial charge in [0.25, 0.3) is 0 Å². The number of hydrogen-bond donors (Lipinski definition) is 0. The molecule has 6 heteroatoms. The molecule has 0 aromatic heterocycles. The second kappa shape index (κ2) is 32.3. The SMILES string of the molecule is CCCCCCCN(CCCCCCC)CCCOC(=O)c1ccc(C(=O)OCCCN(CCCCCCC)CCCCCCC)cc1. The Labute approximate surface area is 297 Å². The standard InChI is InChI=1S/C42H76N2O4/c1-5-9-13-17-21-31-43(32-22-18-14-10-6-2)35-25-37-47-41(45)39-27-29-40(30-28-39)42(46)48-38-26-36-44(33-23-19-15-11-7-3)34-24-20-16-12-8-4/h27-30H,5-26,31-38H2,1-4H3. The number of carbonyl (C=O) groups excluding carboxylic acids is 2. The summed E-state index contributed by atoms with van der Waals surface area (Å²) in [6, 6.07) is 6.71. The average molecular weight is 673 g/mol. The van der Waals surface area contributed by atoms with Crippen molar-refractivity contribution in [2.45, 2.75) is 169 Å². The van der Waals surface area contributed by atoms with Crippen molar-refractivity contribution in [3.8, 4) is 0 Å². The van der Waals surface area contributed by atoms with Crippen LogP contribution in [0.4, 0.5) is 0 Å². The molecule has 0 fully saturated rings. The lowest BCUT2D eigenvalue weighted by molar-refractivity contribution is 0.0473. The minimum Gasteiger partial charge on any atom is -0.462 e. The fourth-order valence-corrected chi connectivity index (χ4v) is 6.24. The molecule has 278 valence electrons. The number of unbranched alkanes of at least 4 members (excludes halogenated alkanes) is 16. The Morgan fingerprint density at radius 2 is 0.646 bits per heavy atom. The van der Waals surface area contributed by atoms with Gasteiger partial charge < -0.3 is 19.3 Å². The smallest absolute Gasteiger partial charge is 0.338 e.